The van der Waals surface area contributed by atoms with Gasteiger partial charge < -0.3 is 11.1 Å². The number of benzene rings is 1. The van der Waals surface area contributed by atoms with Gasteiger partial charge in [0.2, 0.25) is 0 Å². The van der Waals surface area contributed by atoms with Crippen LogP contribution in [0.4, 0.5) is 13.2 Å². The summed E-state index contributed by atoms with van der Waals surface area (Å²) in [5, 5.41) is 2.64. The zero-order valence-electron chi connectivity index (χ0n) is 11.8. The fourth-order valence-electron chi connectivity index (χ4n) is 2.12. The molecule has 0 fully saturated rings. The van der Waals surface area contributed by atoms with Gasteiger partial charge in [0.15, 0.2) is 17.5 Å². The summed E-state index contributed by atoms with van der Waals surface area (Å²) in [5.41, 5.74) is 4.68. The molecular formula is C14H19F3N2O. The number of hydrogen-bond donors (Lipinski definition) is 2. The molecule has 0 aliphatic rings. The first-order valence-electron chi connectivity index (χ1n) is 6.35. The smallest absolute Gasteiger partial charge is 0.251 e. The zero-order valence-corrected chi connectivity index (χ0v) is 11.8. The van der Waals surface area contributed by atoms with Gasteiger partial charge in [-0.3, -0.25) is 4.79 Å². The lowest BCUT2D eigenvalue weighted by Gasteiger charge is -2.31. The molecule has 20 heavy (non-hydrogen) atoms. The predicted molar refractivity (Wildman–Crippen MR) is 70.7 cm³/mol. The summed E-state index contributed by atoms with van der Waals surface area (Å²) in [6.07, 6.45) is 0.612. The van der Waals surface area contributed by atoms with Gasteiger partial charge in [-0.15, -0.1) is 0 Å². The van der Waals surface area contributed by atoms with Gasteiger partial charge in [0.1, 0.15) is 0 Å². The second kappa shape index (κ2) is 6.26. The Morgan fingerprint density at radius 3 is 2.20 bits per heavy atom. The molecular weight excluding hydrogens is 269 g/mol. The first-order valence-corrected chi connectivity index (χ1v) is 6.35. The molecule has 0 aromatic heterocycles. The number of nitrogens with two attached hydrogens (primary N) is 1. The van der Waals surface area contributed by atoms with Crippen molar-refractivity contribution in [3.8, 4) is 0 Å². The van der Waals surface area contributed by atoms with Crippen LogP contribution in [0.25, 0.3) is 0 Å². The van der Waals surface area contributed by atoms with Gasteiger partial charge in [-0.05, 0) is 31.4 Å². The van der Waals surface area contributed by atoms with E-state index in [1.807, 2.05) is 13.8 Å². The van der Waals surface area contributed by atoms with E-state index in [1.54, 1.807) is 6.92 Å². The molecule has 0 saturated carbocycles. The fraction of sp³-hybridized carbons (Fsp3) is 0.500. The molecule has 0 saturated heterocycles. The number of rotatable bonds is 5. The Labute approximate surface area is 116 Å². The first-order chi connectivity index (χ1) is 9.18. The molecule has 0 aliphatic carbocycles. The number of halogens is 3. The molecule has 1 unspecified atom stereocenters. The topological polar surface area (TPSA) is 55.1 Å². The van der Waals surface area contributed by atoms with E-state index >= 15 is 0 Å². The third-order valence-electron chi connectivity index (χ3n) is 2.97. The summed E-state index contributed by atoms with van der Waals surface area (Å²) in [4.78, 5) is 12.0. The first kappa shape index (κ1) is 16.5. The minimum atomic E-state index is -1.59. The van der Waals surface area contributed by atoms with Crippen LogP contribution in [-0.2, 0) is 0 Å². The highest BCUT2D eigenvalue weighted by atomic mass is 19.2. The maximum absolute atomic E-state index is 13.1. The van der Waals surface area contributed by atoms with Gasteiger partial charge in [0.05, 0.1) is 0 Å². The lowest BCUT2D eigenvalue weighted by molar-refractivity contribution is 0.0897. The van der Waals surface area contributed by atoms with Crippen molar-refractivity contribution in [1.82, 2.24) is 5.32 Å². The maximum Gasteiger partial charge on any atom is 0.251 e. The fourth-order valence-corrected chi connectivity index (χ4v) is 2.12. The Morgan fingerprint density at radius 1 is 1.30 bits per heavy atom. The van der Waals surface area contributed by atoms with E-state index in [0.717, 1.165) is 0 Å². The average molecular weight is 288 g/mol. The van der Waals surface area contributed by atoms with E-state index in [2.05, 4.69) is 5.32 Å². The summed E-state index contributed by atoms with van der Waals surface area (Å²) >= 11 is 0. The number of hydrogen-bond acceptors (Lipinski definition) is 2. The predicted octanol–water partition coefficient (Wildman–Crippen LogP) is 2.60. The van der Waals surface area contributed by atoms with Crippen LogP contribution in [-0.4, -0.2) is 18.0 Å². The van der Waals surface area contributed by atoms with E-state index in [1.165, 1.54) is 0 Å². The van der Waals surface area contributed by atoms with Crippen LogP contribution in [0, 0.1) is 23.4 Å². The molecule has 1 amide bonds. The van der Waals surface area contributed by atoms with Crippen molar-refractivity contribution in [2.45, 2.75) is 32.7 Å². The zero-order chi connectivity index (χ0) is 15.5. The van der Waals surface area contributed by atoms with Crippen molar-refractivity contribution >= 4 is 5.91 Å². The third-order valence-corrected chi connectivity index (χ3v) is 2.97. The Kier molecular flexibility index (Phi) is 5.16. The van der Waals surface area contributed by atoms with E-state index in [4.69, 9.17) is 5.73 Å². The van der Waals surface area contributed by atoms with Crippen LogP contribution in [0.1, 0.15) is 37.6 Å². The molecule has 0 aliphatic heterocycles. The van der Waals surface area contributed by atoms with Crippen molar-refractivity contribution in [2.75, 3.05) is 6.54 Å². The minimum absolute atomic E-state index is 0.184. The lowest BCUT2D eigenvalue weighted by atomic mass is 9.90. The molecule has 3 nitrogen and oxygen atoms in total. The minimum Gasteiger partial charge on any atom is -0.346 e. The largest absolute Gasteiger partial charge is 0.346 e. The van der Waals surface area contributed by atoms with E-state index in [-0.39, 0.29) is 18.0 Å². The molecule has 0 bridgehead atoms. The van der Waals surface area contributed by atoms with Crippen molar-refractivity contribution in [3.05, 3.63) is 35.1 Å². The van der Waals surface area contributed by atoms with E-state index in [9.17, 15) is 18.0 Å². The molecule has 1 rings (SSSR count). The average Bonchev–Trinajstić information content (AvgIpc) is 2.34. The van der Waals surface area contributed by atoms with Gasteiger partial charge in [0, 0.05) is 17.6 Å². The number of carbonyl (C=O) groups is 1. The summed E-state index contributed by atoms with van der Waals surface area (Å²) in [6.45, 7) is 5.87. The number of amides is 1. The maximum atomic E-state index is 13.1. The Bertz CT molecular complexity index is 482. The molecule has 1 atom stereocenters. The Hall–Kier alpha value is -1.56. The molecule has 1 aromatic carbocycles. The van der Waals surface area contributed by atoms with Crippen LogP contribution >= 0.6 is 0 Å². The normalized spacial score (nSPS) is 14.2. The van der Waals surface area contributed by atoms with Crippen molar-refractivity contribution in [3.63, 3.8) is 0 Å². The van der Waals surface area contributed by atoms with Gasteiger partial charge >= 0.3 is 0 Å². The van der Waals surface area contributed by atoms with Crippen LogP contribution in [0.15, 0.2) is 12.1 Å². The molecule has 6 heteroatoms. The van der Waals surface area contributed by atoms with Crippen molar-refractivity contribution < 1.29 is 18.0 Å². The summed E-state index contributed by atoms with van der Waals surface area (Å²) in [7, 11) is 0. The third kappa shape index (κ3) is 3.96. The van der Waals surface area contributed by atoms with Gasteiger partial charge in [-0.25, -0.2) is 13.2 Å². The Balaban J connectivity index is 2.95. The molecule has 0 radical (unpaired) electrons. The molecule has 1 aromatic rings. The number of carbonyl (C=O) groups excluding carboxylic acids is 1. The summed E-state index contributed by atoms with van der Waals surface area (Å²) in [6, 6.07) is 1.33. The SMILES string of the molecule is CC(C)CC(C)(CN)NC(=O)c1cc(F)c(F)c(F)c1. The number of nitrogens with one attached hydrogen (secondary N) is 1. The van der Waals surface area contributed by atoms with E-state index in [0.29, 0.717) is 18.6 Å². The van der Waals surface area contributed by atoms with Gasteiger partial charge in [-0.2, -0.15) is 0 Å². The Morgan fingerprint density at radius 2 is 1.80 bits per heavy atom. The second-order valence-electron chi connectivity index (χ2n) is 5.57. The van der Waals surface area contributed by atoms with Crippen LogP contribution in [0.3, 0.4) is 0 Å². The highest BCUT2D eigenvalue weighted by Gasteiger charge is 2.27. The van der Waals surface area contributed by atoms with Crippen LogP contribution in [0.2, 0.25) is 0 Å². The standard InChI is InChI=1S/C14H19F3N2O/c1-8(2)6-14(3,7-18)19-13(20)9-4-10(15)12(17)11(16)5-9/h4-5,8H,6-7,18H2,1-3H3,(H,19,20). The van der Waals surface area contributed by atoms with Crippen molar-refractivity contribution in [2.24, 2.45) is 11.7 Å². The van der Waals surface area contributed by atoms with Crippen LogP contribution < -0.4 is 11.1 Å². The molecule has 112 valence electrons. The lowest BCUT2D eigenvalue weighted by Crippen LogP contribution is -2.52. The van der Waals surface area contributed by atoms with Gasteiger partial charge in [-0.1, -0.05) is 13.8 Å². The molecule has 0 heterocycles. The van der Waals surface area contributed by atoms with Crippen molar-refractivity contribution in [1.29, 1.82) is 0 Å². The van der Waals surface area contributed by atoms with E-state index < -0.39 is 28.9 Å². The van der Waals surface area contributed by atoms with Gasteiger partial charge in [0.25, 0.3) is 5.91 Å². The highest BCUT2D eigenvalue weighted by Crippen LogP contribution is 2.18. The quantitative estimate of drug-likeness (QED) is 0.818. The van der Waals surface area contributed by atoms with Crippen LogP contribution in [0.5, 0.6) is 0 Å². The second-order valence-corrected chi connectivity index (χ2v) is 5.57. The molecule has 0 spiro atoms. The monoisotopic (exact) mass is 288 g/mol. The summed E-state index contributed by atoms with van der Waals surface area (Å²) in [5.74, 6) is -4.78. The highest BCUT2D eigenvalue weighted by molar-refractivity contribution is 5.94. The molecule has 3 N–H and O–H groups in total. The summed E-state index contributed by atoms with van der Waals surface area (Å²) < 4.78 is 39.1.